The molecule has 0 spiro atoms. The third-order valence-electron chi connectivity index (χ3n) is 2.88. The zero-order valence-electron chi connectivity index (χ0n) is 9.81. The summed E-state index contributed by atoms with van der Waals surface area (Å²) in [5.41, 5.74) is 6.26. The van der Waals surface area contributed by atoms with Gasteiger partial charge in [-0.05, 0) is 42.6 Å². The van der Waals surface area contributed by atoms with E-state index in [1.165, 1.54) is 10.9 Å². The quantitative estimate of drug-likeness (QED) is 0.735. The van der Waals surface area contributed by atoms with E-state index in [1.54, 1.807) is 34.8 Å². The smallest absolute Gasteiger partial charge is 0.124 e. The highest BCUT2D eigenvalue weighted by Crippen LogP contribution is 2.34. The predicted molar refractivity (Wildman–Crippen MR) is 76.9 cm³/mol. The van der Waals surface area contributed by atoms with E-state index in [2.05, 4.69) is 25.1 Å². The summed E-state index contributed by atoms with van der Waals surface area (Å²) >= 11 is 3.28. The summed E-state index contributed by atoms with van der Waals surface area (Å²) in [6.45, 7) is 2.07. The van der Waals surface area contributed by atoms with Crippen LogP contribution in [0, 0.1) is 12.7 Å². The lowest BCUT2D eigenvalue weighted by atomic mass is 10.2. The maximum absolute atomic E-state index is 13.2. The van der Waals surface area contributed by atoms with Gasteiger partial charge in [0.1, 0.15) is 5.82 Å². The molecule has 4 heteroatoms. The van der Waals surface area contributed by atoms with E-state index in [0.29, 0.717) is 0 Å². The summed E-state index contributed by atoms with van der Waals surface area (Å²) in [5.74, 6) is -0.198. The Hall–Kier alpha value is -1.23. The Balaban J connectivity index is 2.03. The van der Waals surface area contributed by atoms with Gasteiger partial charge in [0.05, 0.1) is 6.04 Å². The average Bonchev–Trinajstić information content (AvgIpc) is 2.93. The van der Waals surface area contributed by atoms with Crippen molar-refractivity contribution < 1.29 is 4.39 Å². The number of hydrogen-bond donors (Lipinski definition) is 1. The standard InChI is InChI=1S/C14H12FNS2/c1-8-2-5-11(17-8)14(16)13-6-9-3-4-10(15)7-12(9)18-13/h2-7,14H,16H2,1H3. The van der Waals surface area contributed by atoms with E-state index in [1.807, 2.05) is 0 Å². The lowest BCUT2D eigenvalue weighted by Crippen LogP contribution is -2.07. The number of halogens is 1. The molecule has 1 atom stereocenters. The molecule has 0 bridgehead atoms. The van der Waals surface area contributed by atoms with Gasteiger partial charge in [-0.1, -0.05) is 6.07 Å². The fourth-order valence-corrected chi connectivity index (χ4v) is 4.02. The molecular formula is C14H12FNS2. The lowest BCUT2D eigenvalue weighted by molar-refractivity contribution is 0.630. The molecule has 0 saturated carbocycles. The van der Waals surface area contributed by atoms with Crippen LogP contribution in [-0.4, -0.2) is 0 Å². The molecule has 1 unspecified atom stereocenters. The monoisotopic (exact) mass is 277 g/mol. The second-order valence-electron chi connectivity index (χ2n) is 4.26. The van der Waals surface area contributed by atoms with Crippen LogP contribution in [0.4, 0.5) is 4.39 Å². The van der Waals surface area contributed by atoms with Gasteiger partial charge in [0.2, 0.25) is 0 Å². The Morgan fingerprint density at radius 2 is 1.89 bits per heavy atom. The molecule has 0 fully saturated rings. The minimum absolute atomic E-state index is 0.107. The number of benzene rings is 1. The number of hydrogen-bond acceptors (Lipinski definition) is 3. The van der Waals surface area contributed by atoms with Crippen molar-refractivity contribution in [3.8, 4) is 0 Å². The number of rotatable bonds is 2. The fraction of sp³-hybridized carbons (Fsp3) is 0.143. The molecule has 92 valence electrons. The first-order valence-corrected chi connectivity index (χ1v) is 7.28. The Bertz CT molecular complexity index is 699. The average molecular weight is 277 g/mol. The van der Waals surface area contributed by atoms with Gasteiger partial charge in [0.25, 0.3) is 0 Å². The first kappa shape index (κ1) is 11.8. The highest BCUT2D eigenvalue weighted by Gasteiger charge is 2.14. The third kappa shape index (κ3) is 2.07. The van der Waals surface area contributed by atoms with Crippen molar-refractivity contribution in [3.05, 3.63) is 56.8 Å². The molecule has 1 nitrogen and oxygen atoms in total. The summed E-state index contributed by atoms with van der Waals surface area (Å²) in [6, 6.07) is 10.9. The van der Waals surface area contributed by atoms with E-state index in [4.69, 9.17) is 5.73 Å². The van der Waals surface area contributed by atoms with Crippen molar-refractivity contribution in [1.29, 1.82) is 0 Å². The van der Waals surface area contributed by atoms with Gasteiger partial charge in [-0.15, -0.1) is 22.7 Å². The summed E-state index contributed by atoms with van der Waals surface area (Å²) in [5, 5.41) is 1.06. The Morgan fingerprint density at radius 1 is 1.06 bits per heavy atom. The zero-order valence-corrected chi connectivity index (χ0v) is 11.4. The highest BCUT2D eigenvalue weighted by atomic mass is 32.1. The van der Waals surface area contributed by atoms with E-state index >= 15 is 0 Å². The molecule has 18 heavy (non-hydrogen) atoms. The molecule has 0 saturated heterocycles. The van der Waals surface area contributed by atoms with Crippen molar-refractivity contribution >= 4 is 32.8 Å². The van der Waals surface area contributed by atoms with Crippen molar-refractivity contribution in [2.75, 3.05) is 0 Å². The minimum atomic E-state index is -0.198. The molecule has 0 aliphatic carbocycles. The Kier molecular flexibility index (Phi) is 2.93. The predicted octanol–water partition coefficient (Wildman–Crippen LogP) is 4.46. The molecule has 3 rings (SSSR count). The van der Waals surface area contributed by atoms with Crippen LogP contribution in [0.1, 0.15) is 20.7 Å². The lowest BCUT2D eigenvalue weighted by Gasteiger charge is -2.05. The van der Waals surface area contributed by atoms with Crippen LogP contribution < -0.4 is 5.73 Å². The van der Waals surface area contributed by atoms with Crippen LogP contribution in [0.15, 0.2) is 36.4 Å². The fourth-order valence-electron chi connectivity index (χ4n) is 1.94. The second kappa shape index (κ2) is 4.46. The molecule has 2 heterocycles. The van der Waals surface area contributed by atoms with Gasteiger partial charge in [-0.3, -0.25) is 0 Å². The number of thiophene rings is 2. The SMILES string of the molecule is Cc1ccc(C(N)c2cc3ccc(F)cc3s2)s1. The number of aryl methyl sites for hydroxylation is 1. The molecule has 0 amide bonds. The summed E-state index contributed by atoms with van der Waals surface area (Å²) in [4.78, 5) is 3.49. The van der Waals surface area contributed by atoms with Gasteiger partial charge in [-0.25, -0.2) is 4.39 Å². The van der Waals surface area contributed by atoms with E-state index < -0.39 is 0 Å². The maximum atomic E-state index is 13.2. The van der Waals surface area contributed by atoms with Gasteiger partial charge in [0.15, 0.2) is 0 Å². The minimum Gasteiger partial charge on any atom is -0.319 e. The Morgan fingerprint density at radius 3 is 2.61 bits per heavy atom. The molecule has 0 radical (unpaired) electrons. The molecular weight excluding hydrogens is 265 g/mol. The largest absolute Gasteiger partial charge is 0.319 e. The van der Waals surface area contributed by atoms with Gasteiger partial charge < -0.3 is 5.73 Å². The van der Waals surface area contributed by atoms with Crippen LogP contribution in [0.25, 0.3) is 10.1 Å². The molecule has 1 aromatic carbocycles. The molecule has 0 aliphatic rings. The van der Waals surface area contributed by atoms with Crippen LogP contribution in [0.2, 0.25) is 0 Å². The summed E-state index contributed by atoms with van der Waals surface area (Å²) in [6.07, 6.45) is 0. The number of fused-ring (bicyclic) bond motifs is 1. The van der Waals surface area contributed by atoms with Crippen LogP contribution >= 0.6 is 22.7 Å². The second-order valence-corrected chi connectivity index (χ2v) is 6.69. The van der Waals surface area contributed by atoms with Crippen molar-refractivity contribution in [2.24, 2.45) is 5.73 Å². The third-order valence-corrected chi connectivity index (χ3v) is 5.14. The highest BCUT2D eigenvalue weighted by molar-refractivity contribution is 7.19. The van der Waals surface area contributed by atoms with E-state index in [0.717, 1.165) is 19.8 Å². The van der Waals surface area contributed by atoms with Crippen LogP contribution in [-0.2, 0) is 0 Å². The first-order valence-electron chi connectivity index (χ1n) is 5.64. The molecule has 3 aromatic rings. The Labute approximate surface area is 113 Å². The van der Waals surface area contributed by atoms with Gasteiger partial charge in [0, 0.05) is 19.3 Å². The zero-order chi connectivity index (χ0) is 12.7. The first-order chi connectivity index (χ1) is 8.63. The number of nitrogens with two attached hydrogens (primary N) is 1. The van der Waals surface area contributed by atoms with Crippen molar-refractivity contribution in [2.45, 2.75) is 13.0 Å². The van der Waals surface area contributed by atoms with Crippen LogP contribution in [0.5, 0.6) is 0 Å². The summed E-state index contributed by atoms with van der Waals surface area (Å²) < 4.78 is 14.1. The van der Waals surface area contributed by atoms with E-state index in [9.17, 15) is 4.39 Å². The molecule has 2 aromatic heterocycles. The normalized spacial score (nSPS) is 13.1. The van der Waals surface area contributed by atoms with Crippen molar-refractivity contribution in [3.63, 3.8) is 0 Å². The van der Waals surface area contributed by atoms with Gasteiger partial charge >= 0.3 is 0 Å². The maximum Gasteiger partial charge on any atom is 0.124 e. The summed E-state index contributed by atoms with van der Waals surface area (Å²) in [7, 11) is 0. The van der Waals surface area contributed by atoms with Crippen molar-refractivity contribution in [1.82, 2.24) is 0 Å². The van der Waals surface area contributed by atoms with Gasteiger partial charge in [-0.2, -0.15) is 0 Å². The van der Waals surface area contributed by atoms with E-state index in [-0.39, 0.29) is 11.9 Å². The topological polar surface area (TPSA) is 26.0 Å². The molecule has 2 N–H and O–H groups in total. The van der Waals surface area contributed by atoms with Crippen LogP contribution in [0.3, 0.4) is 0 Å². The molecule has 0 aliphatic heterocycles.